The van der Waals surface area contributed by atoms with Crippen LogP contribution in [0.1, 0.15) is 332 Å². The first-order chi connectivity index (χ1) is 29.7. The van der Waals surface area contributed by atoms with Gasteiger partial charge in [0.15, 0.2) is 0 Å². The number of unbranched alkanes of at least 4 members (excludes halogenated alkanes) is 44. The maximum Gasteiger partial charge on any atom is 2.00 e. The molecule has 0 radical (unpaired) electrons. The Labute approximate surface area is 418 Å². The summed E-state index contributed by atoms with van der Waals surface area (Å²) in [4.78, 5) is 18.9. The zero-order valence-corrected chi connectivity index (χ0v) is 44.9. The van der Waals surface area contributed by atoms with Crippen molar-refractivity contribution in [3.63, 3.8) is 0 Å². The summed E-state index contributed by atoms with van der Waals surface area (Å²) in [5.41, 5.74) is 0. The van der Waals surface area contributed by atoms with Crippen molar-refractivity contribution < 1.29 is 12.5 Å². The Morgan fingerprint density at radius 3 is 0.869 bits per heavy atom. The van der Waals surface area contributed by atoms with Crippen LogP contribution in [-0.4, -0.2) is 74.9 Å². The molecule has 0 atom stereocenters. The summed E-state index contributed by atoms with van der Waals surface area (Å²) in [6, 6.07) is 0. The number of carbonyl (C=O) groups is 1. The molecule has 0 amide bonds. The Morgan fingerprint density at radius 2 is 0.574 bits per heavy atom. The number of hydrogen-bond donors (Lipinski definition) is 1. The van der Waals surface area contributed by atoms with Crippen LogP contribution in [-0.2, 0) is 9.63 Å². The average molecular weight is 890 g/mol. The van der Waals surface area contributed by atoms with E-state index in [2.05, 4.69) is 26.1 Å². The molecule has 0 aromatic carbocycles. The van der Waals surface area contributed by atoms with Crippen LogP contribution in [0.3, 0.4) is 0 Å². The Morgan fingerprint density at radius 1 is 0.328 bits per heavy atom. The van der Waals surface area contributed by atoms with Crippen LogP contribution in [0.5, 0.6) is 0 Å². The van der Waals surface area contributed by atoms with E-state index in [0.29, 0.717) is 6.42 Å². The molecule has 0 heterocycles. The molecule has 0 aromatic rings. The van der Waals surface area contributed by atoms with E-state index < -0.39 is 0 Å². The van der Waals surface area contributed by atoms with Crippen molar-refractivity contribution in [2.45, 2.75) is 329 Å². The molecule has 0 saturated heterocycles. The fourth-order valence-corrected chi connectivity index (χ4v) is 9.00. The Kier molecular flexibility index (Phi) is 61.3. The number of rotatable bonds is 54. The van der Waals surface area contributed by atoms with Gasteiger partial charge >= 0.3 is 43.7 Å². The summed E-state index contributed by atoms with van der Waals surface area (Å²) in [6.07, 6.45) is 65.6. The van der Waals surface area contributed by atoms with E-state index in [1.807, 2.05) is 5.06 Å². The molecule has 0 spiro atoms. The summed E-state index contributed by atoms with van der Waals surface area (Å²) in [7, 11) is 0. The van der Waals surface area contributed by atoms with Gasteiger partial charge in [-0.05, 0) is 25.8 Å². The average Bonchev–Trinajstić information content (AvgIpc) is 3.25. The fraction of sp³-hybridized carbons (Fsp3) is 0.982. The molecule has 4 nitrogen and oxygen atoms in total. The molecule has 61 heavy (non-hydrogen) atoms. The molecule has 0 rings (SSSR count). The van der Waals surface area contributed by atoms with Gasteiger partial charge < -0.3 is 13.0 Å². The number of nitrogens with zero attached hydrogens (tertiary/aromatic N) is 1. The van der Waals surface area contributed by atoms with Gasteiger partial charge in [0.25, 0.3) is 0 Å². The number of nitrogens with one attached hydrogen (secondary N) is 1. The van der Waals surface area contributed by atoms with Crippen LogP contribution in [0, 0.1) is 0 Å². The van der Waals surface area contributed by atoms with Crippen molar-refractivity contribution in [1.29, 1.82) is 0 Å². The van der Waals surface area contributed by atoms with Gasteiger partial charge in [-0.2, -0.15) is 0 Å². The van der Waals surface area contributed by atoms with Gasteiger partial charge in [-0.3, -0.25) is 4.79 Å². The molecule has 5 heteroatoms. The summed E-state index contributed by atoms with van der Waals surface area (Å²) >= 11 is 0. The van der Waals surface area contributed by atoms with Crippen molar-refractivity contribution in [1.82, 2.24) is 10.4 Å². The number of hydrogen-bond acceptors (Lipinski definition) is 4. The third-order valence-corrected chi connectivity index (χ3v) is 13.2. The minimum atomic E-state index is -0.0148. The zero-order valence-electron chi connectivity index (χ0n) is 44.7. The predicted octanol–water partition coefficient (Wildman–Crippen LogP) is 19.0. The largest absolute Gasteiger partial charge is 2.00 e. The molecule has 0 aromatic heterocycles. The zero-order chi connectivity index (χ0) is 43.3. The quantitative estimate of drug-likeness (QED) is 0.0375. The fourth-order valence-electron chi connectivity index (χ4n) is 9.00. The van der Waals surface area contributed by atoms with Crippen molar-refractivity contribution >= 4 is 43.7 Å². The van der Waals surface area contributed by atoms with E-state index in [0.717, 1.165) is 45.4 Å². The smallest absolute Gasteiger partial charge is 1.00 e. The van der Waals surface area contributed by atoms with Crippen LogP contribution in [0.4, 0.5) is 0 Å². The maximum atomic E-state index is 12.9. The molecular formula is C56H116CaN2O2. The van der Waals surface area contributed by atoms with Gasteiger partial charge in [-0.1, -0.05) is 303 Å². The van der Waals surface area contributed by atoms with Crippen molar-refractivity contribution in [2.75, 3.05) is 26.2 Å². The Hall–Kier alpha value is 0.650. The molecule has 0 aliphatic heterocycles. The first-order valence-corrected chi connectivity index (χ1v) is 28.4. The van der Waals surface area contributed by atoms with Crippen molar-refractivity contribution in [3.05, 3.63) is 0 Å². The molecule has 0 aliphatic carbocycles. The van der Waals surface area contributed by atoms with E-state index in [-0.39, 0.29) is 46.6 Å². The van der Waals surface area contributed by atoms with E-state index in [1.165, 1.54) is 283 Å². The minimum absolute atomic E-state index is 0. The monoisotopic (exact) mass is 889 g/mol. The SMILES string of the molecule is CCCCCCCCCCCCCCCCCCNCCN(CCCCCCCCCCCCCCCCCC)OC(=O)CCCCCCCCCCCCCCCCC.[Ca+2].[H-].[H-]. The Bertz CT molecular complexity index is 794. The summed E-state index contributed by atoms with van der Waals surface area (Å²) < 4.78 is 0. The van der Waals surface area contributed by atoms with Crippen molar-refractivity contribution in [2.24, 2.45) is 0 Å². The summed E-state index contributed by atoms with van der Waals surface area (Å²) in [6.45, 7) is 10.6. The third-order valence-electron chi connectivity index (χ3n) is 13.2. The number of carbonyl (C=O) groups excluding carboxylic acids is 1. The summed E-state index contributed by atoms with van der Waals surface area (Å²) in [5, 5.41) is 5.66. The predicted molar refractivity (Wildman–Crippen MR) is 277 cm³/mol. The van der Waals surface area contributed by atoms with Crippen LogP contribution < -0.4 is 5.32 Å². The number of hydroxylamine groups is 2. The minimum Gasteiger partial charge on any atom is -1.00 e. The van der Waals surface area contributed by atoms with Gasteiger partial charge in [-0.25, -0.2) is 0 Å². The topological polar surface area (TPSA) is 41.6 Å². The van der Waals surface area contributed by atoms with Gasteiger partial charge in [0.05, 0.1) is 0 Å². The molecule has 0 unspecified atom stereocenters. The van der Waals surface area contributed by atoms with E-state index in [4.69, 9.17) is 4.84 Å². The van der Waals surface area contributed by atoms with Crippen LogP contribution in [0.15, 0.2) is 0 Å². The first-order valence-electron chi connectivity index (χ1n) is 28.4. The molecule has 0 aliphatic rings. The second kappa shape index (κ2) is 58.7. The third kappa shape index (κ3) is 56.7. The van der Waals surface area contributed by atoms with Crippen molar-refractivity contribution in [3.8, 4) is 0 Å². The van der Waals surface area contributed by atoms with Gasteiger partial charge in [-0.15, -0.1) is 5.06 Å². The normalized spacial score (nSPS) is 11.5. The summed E-state index contributed by atoms with van der Waals surface area (Å²) in [5.74, 6) is -0.0148. The molecule has 1 N–H and O–H groups in total. The molecular weight excluding hydrogens is 773 g/mol. The van der Waals surface area contributed by atoms with Crippen LogP contribution >= 0.6 is 0 Å². The molecule has 0 saturated carbocycles. The van der Waals surface area contributed by atoms with Gasteiger partial charge in [0.2, 0.25) is 0 Å². The maximum absolute atomic E-state index is 12.9. The van der Waals surface area contributed by atoms with Crippen LogP contribution in [0.25, 0.3) is 0 Å². The first kappa shape index (κ1) is 63.7. The van der Waals surface area contributed by atoms with Crippen LogP contribution in [0.2, 0.25) is 0 Å². The second-order valence-electron chi connectivity index (χ2n) is 19.4. The molecule has 0 bridgehead atoms. The van der Waals surface area contributed by atoms with Gasteiger partial charge in [0.1, 0.15) is 0 Å². The second-order valence-corrected chi connectivity index (χ2v) is 19.4. The van der Waals surface area contributed by atoms with Gasteiger partial charge in [0, 0.05) is 26.1 Å². The van der Waals surface area contributed by atoms with E-state index in [9.17, 15) is 4.79 Å². The van der Waals surface area contributed by atoms with E-state index >= 15 is 0 Å². The Balaban J connectivity index is -0.00000580. The molecule has 364 valence electrons. The van der Waals surface area contributed by atoms with E-state index in [1.54, 1.807) is 0 Å². The molecule has 0 fully saturated rings. The standard InChI is InChI=1S/C56H114N2O2.Ca.2H/c1-4-7-10-13-16-19-22-25-28-31-34-37-40-43-46-49-52-57-53-55-58(54-50-47-44-41-38-35-32-29-26-23-20-17-14-11-8-5-2)60-56(59)51-48-45-42-39-36-33-30-27-24-21-18-15-12-9-6-3;;;/h57H,4-55H2,1-3H3;;;/q;+2;2*-1.